The monoisotopic (exact) mass is 352 g/mol. The predicted molar refractivity (Wildman–Crippen MR) is 91.7 cm³/mol. The van der Waals surface area contributed by atoms with E-state index in [1.54, 1.807) is 4.90 Å². The fourth-order valence-electron chi connectivity index (χ4n) is 3.91. The Bertz CT molecular complexity index is 507. The fourth-order valence-corrected chi connectivity index (χ4v) is 3.91. The lowest BCUT2D eigenvalue weighted by molar-refractivity contribution is -0.684. The number of nitrogens with zero attached hydrogens (tertiary/aromatic N) is 1. The molecule has 3 aliphatic rings. The SMILES string of the molecule is O=C1NCCC[C@@H]1NC(=O)[C@@H]1CN(C(=O)NC2CCCCC2)CC[NH2+]1. The Morgan fingerprint density at radius 3 is 2.64 bits per heavy atom. The van der Waals surface area contributed by atoms with Gasteiger partial charge in [-0.2, -0.15) is 0 Å². The molecular weight excluding hydrogens is 322 g/mol. The normalized spacial score (nSPS) is 28.2. The van der Waals surface area contributed by atoms with Crippen LogP contribution in [0, 0.1) is 0 Å². The zero-order chi connectivity index (χ0) is 17.6. The average Bonchev–Trinajstić information content (AvgIpc) is 2.64. The second kappa shape index (κ2) is 8.51. The predicted octanol–water partition coefficient (Wildman–Crippen LogP) is -1.33. The van der Waals surface area contributed by atoms with Crippen LogP contribution in [-0.4, -0.2) is 67.0 Å². The van der Waals surface area contributed by atoms with Gasteiger partial charge >= 0.3 is 6.03 Å². The van der Waals surface area contributed by atoms with E-state index in [-0.39, 0.29) is 29.9 Å². The molecule has 3 rings (SSSR count). The van der Waals surface area contributed by atoms with Crippen molar-refractivity contribution in [2.45, 2.75) is 63.1 Å². The van der Waals surface area contributed by atoms with Gasteiger partial charge in [-0.3, -0.25) is 9.59 Å². The van der Waals surface area contributed by atoms with Crippen molar-refractivity contribution >= 4 is 17.8 Å². The van der Waals surface area contributed by atoms with E-state index in [0.717, 1.165) is 19.3 Å². The zero-order valence-electron chi connectivity index (χ0n) is 14.8. The minimum atomic E-state index is -0.443. The Labute approximate surface area is 148 Å². The van der Waals surface area contributed by atoms with E-state index < -0.39 is 6.04 Å². The van der Waals surface area contributed by atoms with E-state index in [2.05, 4.69) is 16.0 Å². The maximum Gasteiger partial charge on any atom is 0.318 e. The highest BCUT2D eigenvalue weighted by Gasteiger charge is 2.34. The molecule has 0 aromatic heterocycles. The van der Waals surface area contributed by atoms with Crippen molar-refractivity contribution in [3.63, 3.8) is 0 Å². The van der Waals surface area contributed by atoms with Gasteiger partial charge in [-0.15, -0.1) is 0 Å². The Balaban J connectivity index is 1.48. The van der Waals surface area contributed by atoms with Crippen LogP contribution in [0.1, 0.15) is 44.9 Å². The van der Waals surface area contributed by atoms with Crippen LogP contribution in [0.2, 0.25) is 0 Å². The number of rotatable bonds is 3. The van der Waals surface area contributed by atoms with Crippen LogP contribution in [0.15, 0.2) is 0 Å². The van der Waals surface area contributed by atoms with E-state index in [9.17, 15) is 14.4 Å². The first kappa shape index (κ1) is 18.0. The van der Waals surface area contributed by atoms with Crippen molar-refractivity contribution in [3.8, 4) is 0 Å². The third-order valence-electron chi connectivity index (χ3n) is 5.43. The molecule has 0 unspecified atom stereocenters. The molecule has 140 valence electrons. The van der Waals surface area contributed by atoms with Crippen molar-refractivity contribution < 1.29 is 19.7 Å². The molecule has 1 saturated carbocycles. The van der Waals surface area contributed by atoms with Crippen LogP contribution in [0.4, 0.5) is 4.79 Å². The zero-order valence-corrected chi connectivity index (χ0v) is 14.8. The number of amides is 4. The standard InChI is InChI=1S/C17H29N5O3/c23-15-13(7-4-8-19-15)21-16(24)14-11-22(10-9-18-14)17(25)20-12-5-2-1-3-6-12/h12-14,18H,1-11H2,(H,19,23)(H,20,25)(H,21,24)/p+1/t13-,14-/m0/s1. The van der Waals surface area contributed by atoms with Gasteiger partial charge in [0.15, 0.2) is 6.04 Å². The van der Waals surface area contributed by atoms with Gasteiger partial charge < -0.3 is 26.2 Å². The molecule has 5 N–H and O–H groups in total. The number of quaternary nitrogens is 1. The number of nitrogens with two attached hydrogens (primary N) is 1. The largest absolute Gasteiger partial charge is 0.354 e. The molecule has 0 aromatic carbocycles. The summed E-state index contributed by atoms with van der Waals surface area (Å²) in [4.78, 5) is 38.5. The highest BCUT2D eigenvalue weighted by molar-refractivity contribution is 5.90. The quantitative estimate of drug-likeness (QED) is 0.506. The summed E-state index contributed by atoms with van der Waals surface area (Å²) in [6, 6.07) is -0.583. The molecule has 4 amide bonds. The van der Waals surface area contributed by atoms with E-state index in [1.165, 1.54) is 19.3 Å². The van der Waals surface area contributed by atoms with Gasteiger partial charge in [-0.25, -0.2) is 4.79 Å². The Morgan fingerprint density at radius 1 is 1.08 bits per heavy atom. The number of piperazine rings is 1. The summed E-state index contributed by atoms with van der Waals surface area (Å²) >= 11 is 0. The summed E-state index contributed by atoms with van der Waals surface area (Å²) in [6.45, 7) is 2.41. The van der Waals surface area contributed by atoms with Crippen molar-refractivity contribution in [3.05, 3.63) is 0 Å². The second-order valence-corrected chi connectivity index (χ2v) is 7.36. The topological polar surface area (TPSA) is 107 Å². The Kier molecular flexibility index (Phi) is 6.12. The molecule has 0 aromatic rings. The van der Waals surface area contributed by atoms with Crippen molar-refractivity contribution in [2.75, 3.05) is 26.2 Å². The summed E-state index contributed by atoms with van der Waals surface area (Å²) in [7, 11) is 0. The average molecular weight is 352 g/mol. The Hall–Kier alpha value is -1.83. The molecule has 8 nitrogen and oxygen atoms in total. The van der Waals surface area contributed by atoms with Crippen LogP contribution < -0.4 is 21.3 Å². The van der Waals surface area contributed by atoms with Gasteiger partial charge in [0.05, 0.1) is 19.6 Å². The summed E-state index contributed by atoms with van der Waals surface area (Å²) in [5.41, 5.74) is 0. The molecule has 2 saturated heterocycles. The van der Waals surface area contributed by atoms with Gasteiger partial charge in [0, 0.05) is 12.6 Å². The lowest BCUT2D eigenvalue weighted by atomic mass is 9.96. The Morgan fingerprint density at radius 2 is 1.88 bits per heavy atom. The number of nitrogens with one attached hydrogen (secondary N) is 3. The summed E-state index contributed by atoms with van der Waals surface area (Å²) in [5, 5.41) is 10.7. The second-order valence-electron chi connectivity index (χ2n) is 7.36. The summed E-state index contributed by atoms with van der Waals surface area (Å²) in [6.07, 6.45) is 7.25. The molecule has 0 bridgehead atoms. The van der Waals surface area contributed by atoms with Gasteiger partial charge in [0.1, 0.15) is 6.04 Å². The first-order chi connectivity index (χ1) is 12.1. The lowest BCUT2D eigenvalue weighted by Crippen LogP contribution is -2.98. The van der Waals surface area contributed by atoms with Gasteiger partial charge in [0.2, 0.25) is 5.91 Å². The van der Waals surface area contributed by atoms with E-state index in [1.807, 2.05) is 5.32 Å². The lowest BCUT2D eigenvalue weighted by Gasteiger charge is -2.33. The first-order valence-corrected chi connectivity index (χ1v) is 9.60. The third kappa shape index (κ3) is 4.84. The highest BCUT2D eigenvalue weighted by Crippen LogP contribution is 2.17. The van der Waals surface area contributed by atoms with Crippen LogP contribution >= 0.6 is 0 Å². The molecule has 8 heteroatoms. The summed E-state index contributed by atoms with van der Waals surface area (Å²) in [5.74, 6) is -0.264. The van der Waals surface area contributed by atoms with Gasteiger partial charge in [-0.1, -0.05) is 19.3 Å². The van der Waals surface area contributed by atoms with Crippen molar-refractivity contribution in [2.24, 2.45) is 0 Å². The van der Waals surface area contributed by atoms with Crippen LogP contribution in [0.3, 0.4) is 0 Å². The number of piperidine rings is 1. The number of carbonyl (C=O) groups excluding carboxylic acids is 3. The molecule has 1 aliphatic carbocycles. The molecular formula is C17H30N5O3+. The molecule has 2 aliphatic heterocycles. The number of hydrogen-bond donors (Lipinski definition) is 4. The maximum absolute atomic E-state index is 12.5. The van der Waals surface area contributed by atoms with E-state index in [0.29, 0.717) is 32.6 Å². The molecule has 2 atom stereocenters. The molecule has 3 fully saturated rings. The van der Waals surface area contributed by atoms with Crippen LogP contribution in [-0.2, 0) is 9.59 Å². The third-order valence-corrected chi connectivity index (χ3v) is 5.43. The molecule has 2 heterocycles. The van der Waals surface area contributed by atoms with E-state index in [4.69, 9.17) is 0 Å². The fraction of sp³-hybridized carbons (Fsp3) is 0.824. The van der Waals surface area contributed by atoms with Gasteiger partial charge in [0.25, 0.3) is 5.91 Å². The smallest absolute Gasteiger partial charge is 0.318 e. The minimum Gasteiger partial charge on any atom is -0.354 e. The highest BCUT2D eigenvalue weighted by atomic mass is 16.2. The summed E-state index contributed by atoms with van der Waals surface area (Å²) < 4.78 is 0. The minimum absolute atomic E-state index is 0.0618. The first-order valence-electron chi connectivity index (χ1n) is 9.60. The van der Waals surface area contributed by atoms with Crippen molar-refractivity contribution in [1.82, 2.24) is 20.9 Å². The van der Waals surface area contributed by atoms with Crippen LogP contribution in [0.5, 0.6) is 0 Å². The van der Waals surface area contributed by atoms with Crippen molar-refractivity contribution in [1.29, 1.82) is 0 Å². The molecule has 25 heavy (non-hydrogen) atoms. The molecule has 0 radical (unpaired) electrons. The molecule has 0 spiro atoms. The number of urea groups is 1. The van der Waals surface area contributed by atoms with E-state index >= 15 is 0 Å². The van der Waals surface area contributed by atoms with Crippen LogP contribution in [0.25, 0.3) is 0 Å². The number of hydrogen-bond acceptors (Lipinski definition) is 3. The van der Waals surface area contributed by atoms with Gasteiger partial charge in [-0.05, 0) is 25.7 Å². The number of carbonyl (C=O) groups is 3. The maximum atomic E-state index is 12.5.